The van der Waals surface area contributed by atoms with Gasteiger partial charge in [0.1, 0.15) is 5.82 Å². The second-order valence-electron chi connectivity index (χ2n) is 5.83. The molecule has 0 bridgehead atoms. The first-order valence-corrected chi connectivity index (χ1v) is 10.3. The first-order chi connectivity index (χ1) is 12.4. The number of nitrogens with one attached hydrogen (secondary N) is 4. The van der Waals surface area contributed by atoms with E-state index >= 15 is 0 Å². The van der Waals surface area contributed by atoms with Gasteiger partial charge in [0.05, 0.1) is 5.75 Å². The maximum atomic E-state index is 13.2. The predicted molar refractivity (Wildman–Crippen MR) is 103 cm³/mol. The number of benzene rings is 1. The van der Waals surface area contributed by atoms with E-state index in [1.54, 1.807) is 20.0 Å². The molecule has 0 saturated heterocycles. The van der Waals surface area contributed by atoms with E-state index < -0.39 is 10.0 Å². The number of rotatable bonds is 9. The smallest absolute Gasteiger partial charge is 0.211 e. The molecule has 0 fully saturated rings. The van der Waals surface area contributed by atoms with Crippen molar-refractivity contribution in [2.24, 2.45) is 4.99 Å². The number of hydrogen-bond donors (Lipinski definition) is 4. The molecule has 0 aliphatic carbocycles. The lowest BCUT2D eigenvalue weighted by atomic mass is 10.1. The molecular weight excluding hydrogens is 357 g/mol. The van der Waals surface area contributed by atoms with Gasteiger partial charge in [0.25, 0.3) is 0 Å². The van der Waals surface area contributed by atoms with Crippen molar-refractivity contribution in [2.75, 3.05) is 32.4 Å². The maximum Gasteiger partial charge on any atom is 0.211 e. The molecule has 9 heteroatoms. The van der Waals surface area contributed by atoms with E-state index in [2.05, 4.69) is 25.3 Å². The number of aliphatic imine (C=N–C) groups is 1. The third-order valence-electron chi connectivity index (χ3n) is 3.99. The second kappa shape index (κ2) is 9.54. The van der Waals surface area contributed by atoms with Crippen molar-refractivity contribution in [1.82, 2.24) is 20.3 Å². The standard InChI is InChI=1S/C17H26FN5O2S/c1-3-26(24,25)23-9-4-8-20-17(19-2)21-10-7-13-12-22-16-11-14(18)5-6-15(13)16/h5-6,11-12,22-23H,3-4,7-10H2,1-2H3,(H2,19,20,21). The minimum atomic E-state index is -3.14. The molecule has 0 atom stereocenters. The molecule has 0 unspecified atom stereocenters. The van der Waals surface area contributed by atoms with Gasteiger partial charge in [-0.2, -0.15) is 0 Å². The molecule has 0 aliphatic heterocycles. The lowest BCUT2D eigenvalue weighted by Crippen LogP contribution is -2.39. The number of fused-ring (bicyclic) bond motifs is 1. The molecule has 0 radical (unpaired) electrons. The number of sulfonamides is 1. The third kappa shape index (κ3) is 5.99. The fourth-order valence-electron chi connectivity index (χ4n) is 2.53. The van der Waals surface area contributed by atoms with Gasteiger partial charge in [0, 0.05) is 43.8 Å². The number of aromatic nitrogens is 1. The molecule has 1 aromatic heterocycles. The monoisotopic (exact) mass is 383 g/mol. The molecule has 0 saturated carbocycles. The molecule has 7 nitrogen and oxygen atoms in total. The lowest BCUT2D eigenvalue weighted by molar-refractivity contribution is 0.579. The van der Waals surface area contributed by atoms with Crippen molar-refractivity contribution in [3.05, 3.63) is 35.8 Å². The van der Waals surface area contributed by atoms with Crippen LogP contribution in [0.2, 0.25) is 0 Å². The third-order valence-corrected chi connectivity index (χ3v) is 5.39. The zero-order chi connectivity index (χ0) is 19.0. The normalized spacial score (nSPS) is 12.5. The van der Waals surface area contributed by atoms with Gasteiger partial charge in [-0.05, 0) is 43.5 Å². The molecule has 0 spiro atoms. The van der Waals surface area contributed by atoms with Crippen molar-refractivity contribution >= 4 is 26.9 Å². The van der Waals surface area contributed by atoms with Gasteiger partial charge >= 0.3 is 0 Å². The van der Waals surface area contributed by atoms with Crippen LogP contribution in [-0.2, 0) is 16.4 Å². The van der Waals surface area contributed by atoms with Crippen LogP contribution in [0.15, 0.2) is 29.4 Å². The number of H-pyrrole nitrogens is 1. The molecule has 26 heavy (non-hydrogen) atoms. The van der Waals surface area contributed by atoms with Crippen LogP contribution in [-0.4, -0.2) is 51.8 Å². The summed E-state index contributed by atoms with van der Waals surface area (Å²) in [5.74, 6) is 0.494. The van der Waals surface area contributed by atoms with Crippen LogP contribution in [0.25, 0.3) is 10.9 Å². The fraction of sp³-hybridized carbons (Fsp3) is 0.471. The summed E-state index contributed by atoms with van der Waals surface area (Å²) < 4.78 is 38.4. The zero-order valence-corrected chi connectivity index (χ0v) is 15.9. The highest BCUT2D eigenvalue weighted by Crippen LogP contribution is 2.19. The van der Waals surface area contributed by atoms with E-state index in [9.17, 15) is 12.8 Å². The zero-order valence-electron chi connectivity index (χ0n) is 15.1. The van der Waals surface area contributed by atoms with E-state index in [0.29, 0.717) is 32.0 Å². The quantitative estimate of drug-likeness (QED) is 0.298. The van der Waals surface area contributed by atoms with Crippen molar-refractivity contribution < 1.29 is 12.8 Å². The van der Waals surface area contributed by atoms with E-state index in [1.807, 2.05) is 6.20 Å². The summed E-state index contributed by atoms with van der Waals surface area (Å²) in [6.07, 6.45) is 3.32. The Morgan fingerprint density at radius 1 is 1.23 bits per heavy atom. The number of guanidine groups is 1. The van der Waals surface area contributed by atoms with Crippen molar-refractivity contribution in [2.45, 2.75) is 19.8 Å². The first kappa shape index (κ1) is 20.2. The summed E-state index contributed by atoms with van der Waals surface area (Å²) in [4.78, 5) is 7.22. The highest BCUT2D eigenvalue weighted by molar-refractivity contribution is 7.89. The highest BCUT2D eigenvalue weighted by atomic mass is 32.2. The Hall–Kier alpha value is -2.13. The van der Waals surface area contributed by atoms with Crippen LogP contribution < -0.4 is 15.4 Å². The van der Waals surface area contributed by atoms with Crippen LogP contribution in [0.5, 0.6) is 0 Å². The van der Waals surface area contributed by atoms with Crippen LogP contribution in [0, 0.1) is 5.82 Å². The van der Waals surface area contributed by atoms with Gasteiger partial charge in [-0.1, -0.05) is 0 Å². The van der Waals surface area contributed by atoms with Gasteiger partial charge in [-0.15, -0.1) is 0 Å². The first-order valence-electron chi connectivity index (χ1n) is 8.62. The highest BCUT2D eigenvalue weighted by Gasteiger charge is 2.06. The molecule has 2 aromatic rings. The second-order valence-corrected chi connectivity index (χ2v) is 7.93. The minimum Gasteiger partial charge on any atom is -0.361 e. The van der Waals surface area contributed by atoms with Crippen molar-refractivity contribution in [3.63, 3.8) is 0 Å². The summed E-state index contributed by atoms with van der Waals surface area (Å²) in [7, 11) is -1.45. The summed E-state index contributed by atoms with van der Waals surface area (Å²) in [5.41, 5.74) is 1.90. The Labute approximate surface area is 153 Å². The Morgan fingerprint density at radius 2 is 2.00 bits per heavy atom. The van der Waals surface area contributed by atoms with Crippen LogP contribution >= 0.6 is 0 Å². The Morgan fingerprint density at radius 3 is 2.73 bits per heavy atom. The predicted octanol–water partition coefficient (Wildman–Crippen LogP) is 1.34. The molecule has 1 aromatic carbocycles. The van der Waals surface area contributed by atoms with Crippen molar-refractivity contribution in [3.8, 4) is 0 Å². The number of nitrogens with zero attached hydrogens (tertiary/aromatic N) is 1. The van der Waals surface area contributed by atoms with Gasteiger partial charge in [0.2, 0.25) is 10.0 Å². The van der Waals surface area contributed by atoms with Crippen LogP contribution in [0.1, 0.15) is 18.9 Å². The average molecular weight is 383 g/mol. The molecular formula is C17H26FN5O2S. The van der Waals surface area contributed by atoms with E-state index in [4.69, 9.17) is 0 Å². The lowest BCUT2D eigenvalue weighted by Gasteiger charge is -2.12. The van der Waals surface area contributed by atoms with Gasteiger partial charge < -0.3 is 15.6 Å². The van der Waals surface area contributed by atoms with Gasteiger partial charge in [-0.3, -0.25) is 4.99 Å². The number of hydrogen-bond acceptors (Lipinski definition) is 3. The van der Waals surface area contributed by atoms with E-state index in [1.165, 1.54) is 12.1 Å². The summed E-state index contributed by atoms with van der Waals surface area (Å²) >= 11 is 0. The maximum absolute atomic E-state index is 13.2. The molecule has 4 N–H and O–H groups in total. The Balaban J connectivity index is 1.71. The Bertz CT molecular complexity index is 848. The molecule has 2 rings (SSSR count). The molecule has 0 amide bonds. The van der Waals surface area contributed by atoms with Gasteiger partial charge in [0.15, 0.2) is 5.96 Å². The van der Waals surface area contributed by atoms with Gasteiger partial charge in [-0.25, -0.2) is 17.5 Å². The average Bonchev–Trinajstić information content (AvgIpc) is 3.01. The largest absolute Gasteiger partial charge is 0.361 e. The minimum absolute atomic E-state index is 0.0874. The van der Waals surface area contributed by atoms with Crippen LogP contribution in [0.4, 0.5) is 4.39 Å². The summed E-state index contributed by atoms with van der Waals surface area (Å²) in [5, 5.41) is 7.37. The van der Waals surface area contributed by atoms with E-state index in [-0.39, 0.29) is 11.6 Å². The number of halogens is 1. The molecule has 1 heterocycles. The topological polar surface area (TPSA) is 98.4 Å². The SMILES string of the molecule is CCS(=O)(=O)NCCCNC(=NC)NCCc1c[nH]c2cc(F)ccc12. The van der Waals surface area contributed by atoms with Crippen LogP contribution in [0.3, 0.4) is 0 Å². The molecule has 0 aliphatic rings. The van der Waals surface area contributed by atoms with E-state index in [0.717, 1.165) is 22.9 Å². The fourth-order valence-corrected chi connectivity index (χ4v) is 3.19. The summed E-state index contributed by atoms with van der Waals surface area (Å²) in [6.45, 7) is 3.29. The summed E-state index contributed by atoms with van der Waals surface area (Å²) in [6, 6.07) is 4.72. The Kier molecular flexibility index (Phi) is 7.40. The number of aromatic amines is 1. The molecule has 144 valence electrons. The van der Waals surface area contributed by atoms with Crippen molar-refractivity contribution in [1.29, 1.82) is 0 Å².